The number of hydrogen-bond acceptors (Lipinski definition) is 5. The average molecular weight is 266 g/mol. The van der Waals surface area contributed by atoms with Crippen molar-refractivity contribution in [1.82, 2.24) is 4.90 Å². The number of nitrogens with zero attached hydrogens (tertiary/aromatic N) is 1. The van der Waals surface area contributed by atoms with Gasteiger partial charge in [-0.15, -0.1) is 0 Å². The first-order valence-electron chi connectivity index (χ1n) is 5.72. The van der Waals surface area contributed by atoms with Crippen LogP contribution in [0.15, 0.2) is 18.2 Å². The van der Waals surface area contributed by atoms with Crippen molar-refractivity contribution in [3.8, 4) is 5.75 Å². The minimum absolute atomic E-state index is 0.232. The number of carbonyl (C=O) groups is 2. The van der Waals surface area contributed by atoms with E-state index in [0.29, 0.717) is 11.4 Å². The summed E-state index contributed by atoms with van der Waals surface area (Å²) in [5.74, 6) is -0.600. The first-order valence-corrected chi connectivity index (χ1v) is 5.72. The third-order valence-corrected chi connectivity index (χ3v) is 2.52. The number of methoxy groups -OCH3 is 1. The third kappa shape index (κ3) is 3.61. The SMILES string of the molecule is COc1cc(N)ccc1C(=O)OC(C)C(=O)N(C)C. The highest BCUT2D eigenvalue weighted by Gasteiger charge is 2.22. The van der Waals surface area contributed by atoms with E-state index in [1.807, 2.05) is 0 Å². The fourth-order valence-corrected chi connectivity index (χ4v) is 1.51. The maximum atomic E-state index is 12.0. The van der Waals surface area contributed by atoms with Crippen molar-refractivity contribution in [3.63, 3.8) is 0 Å². The van der Waals surface area contributed by atoms with Gasteiger partial charge < -0.3 is 20.1 Å². The second-order valence-corrected chi connectivity index (χ2v) is 4.24. The van der Waals surface area contributed by atoms with E-state index >= 15 is 0 Å². The van der Waals surface area contributed by atoms with Crippen molar-refractivity contribution >= 4 is 17.6 Å². The van der Waals surface area contributed by atoms with Crippen LogP contribution in [0.3, 0.4) is 0 Å². The summed E-state index contributed by atoms with van der Waals surface area (Å²) < 4.78 is 10.2. The summed E-state index contributed by atoms with van der Waals surface area (Å²) in [6.45, 7) is 1.52. The lowest BCUT2D eigenvalue weighted by molar-refractivity contribution is -0.137. The summed E-state index contributed by atoms with van der Waals surface area (Å²) >= 11 is 0. The molecular formula is C13H18N2O4. The number of nitrogen functional groups attached to an aromatic ring is 1. The van der Waals surface area contributed by atoms with Crippen molar-refractivity contribution in [2.45, 2.75) is 13.0 Å². The van der Waals surface area contributed by atoms with Gasteiger partial charge in [0.15, 0.2) is 6.10 Å². The van der Waals surface area contributed by atoms with Gasteiger partial charge in [-0.05, 0) is 19.1 Å². The molecular weight excluding hydrogens is 248 g/mol. The lowest BCUT2D eigenvalue weighted by Gasteiger charge is -2.17. The van der Waals surface area contributed by atoms with Gasteiger partial charge in [-0.2, -0.15) is 0 Å². The fraction of sp³-hybridized carbons (Fsp3) is 0.385. The number of rotatable bonds is 4. The van der Waals surface area contributed by atoms with Crippen LogP contribution in [-0.2, 0) is 9.53 Å². The van der Waals surface area contributed by atoms with Crippen molar-refractivity contribution in [2.24, 2.45) is 0 Å². The maximum absolute atomic E-state index is 12.0. The Hall–Kier alpha value is -2.24. The lowest BCUT2D eigenvalue weighted by atomic mass is 10.2. The van der Waals surface area contributed by atoms with Gasteiger partial charge in [-0.25, -0.2) is 4.79 Å². The van der Waals surface area contributed by atoms with Crippen molar-refractivity contribution < 1.29 is 19.1 Å². The number of hydrogen-bond donors (Lipinski definition) is 1. The zero-order valence-corrected chi connectivity index (χ0v) is 11.5. The molecule has 1 atom stereocenters. The smallest absolute Gasteiger partial charge is 0.342 e. The monoisotopic (exact) mass is 266 g/mol. The molecule has 0 bridgehead atoms. The summed E-state index contributed by atoms with van der Waals surface area (Å²) in [4.78, 5) is 24.9. The molecule has 0 aliphatic heterocycles. The zero-order valence-electron chi connectivity index (χ0n) is 11.5. The quantitative estimate of drug-likeness (QED) is 0.647. The Morgan fingerprint density at radius 1 is 1.32 bits per heavy atom. The van der Waals surface area contributed by atoms with Gasteiger partial charge in [0.25, 0.3) is 5.91 Å². The van der Waals surface area contributed by atoms with Gasteiger partial charge in [0.1, 0.15) is 11.3 Å². The van der Waals surface area contributed by atoms with Crippen LogP contribution in [-0.4, -0.2) is 44.1 Å². The summed E-state index contributed by atoms with van der Waals surface area (Å²) in [6.07, 6.45) is -0.857. The first kappa shape index (κ1) is 14.8. The summed E-state index contributed by atoms with van der Waals surface area (Å²) in [5, 5.41) is 0. The van der Waals surface area contributed by atoms with Crippen LogP contribution < -0.4 is 10.5 Å². The van der Waals surface area contributed by atoms with Crippen molar-refractivity contribution in [2.75, 3.05) is 26.9 Å². The molecule has 19 heavy (non-hydrogen) atoms. The lowest BCUT2D eigenvalue weighted by Crippen LogP contribution is -2.34. The van der Waals surface area contributed by atoms with E-state index in [1.165, 1.54) is 31.1 Å². The molecule has 1 aromatic rings. The molecule has 1 amide bonds. The van der Waals surface area contributed by atoms with Crippen LogP contribution in [0.1, 0.15) is 17.3 Å². The Morgan fingerprint density at radius 3 is 2.47 bits per heavy atom. The van der Waals surface area contributed by atoms with Gasteiger partial charge in [-0.3, -0.25) is 4.79 Å². The van der Waals surface area contributed by atoms with E-state index < -0.39 is 12.1 Å². The largest absolute Gasteiger partial charge is 0.496 e. The number of carbonyl (C=O) groups excluding carboxylic acids is 2. The minimum Gasteiger partial charge on any atom is -0.496 e. The van der Waals surface area contributed by atoms with Crippen LogP contribution >= 0.6 is 0 Å². The summed E-state index contributed by atoms with van der Waals surface area (Å²) in [6, 6.07) is 4.59. The molecule has 1 rings (SSSR count). The molecule has 0 radical (unpaired) electrons. The van der Waals surface area contributed by atoms with Crippen LogP contribution in [0.5, 0.6) is 5.75 Å². The molecule has 2 N–H and O–H groups in total. The van der Waals surface area contributed by atoms with Crippen molar-refractivity contribution in [3.05, 3.63) is 23.8 Å². The average Bonchev–Trinajstić information content (AvgIpc) is 2.36. The standard InChI is InChI=1S/C13H18N2O4/c1-8(12(16)15(2)3)19-13(17)10-6-5-9(14)7-11(10)18-4/h5-8H,14H2,1-4H3. The molecule has 0 saturated heterocycles. The molecule has 0 fully saturated rings. The Labute approximate surface area is 112 Å². The number of benzene rings is 1. The number of likely N-dealkylation sites (N-methyl/N-ethyl adjacent to an activating group) is 1. The fourth-order valence-electron chi connectivity index (χ4n) is 1.51. The molecule has 0 heterocycles. The molecule has 0 aliphatic carbocycles. The molecule has 0 aliphatic rings. The summed E-state index contributed by atoms with van der Waals surface area (Å²) in [5.41, 5.74) is 6.31. The third-order valence-electron chi connectivity index (χ3n) is 2.52. The summed E-state index contributed by atoms with van der Waals surface area (Å²) in [7, 11) is 4.62. The van der Waals surface area contributed by atoms with Gasteiger partial charge in [-0.1, -0.05) is 0 Å². The van der Waals surface area contributed by atoms with Crippen LogP contribution in [0.25, 0.3) is 0 Å². The molecule has 1 unspecified atom stereocenters. The Kier molecular flexibility index (Phi) is 4.74. The Morgan fingerprint density at radius 2 is 1.95 bits per heavy atom. The Balaban J connectivity index is 2.87. The molecule has 1 aromatic carbocycles. The minimum atomic E-state index is -0.857. The predicted octanol–water partition coefficient (Wildman–Crippen LogP) is 0.911. The Bertz CT molecular complexity index is 486. The van der Waals surface area contributed by atoms with Gasteiger partial charge in [0.2, 0.25) is 0 Å². The highest BCUT2D eigenvalue weighted by molar-refractivity contribution is 5.95. The van der Waals surface area contributed by atoms with Gasteiger partial charge in [0.05, 0.1) is 7.11 Å². The van der Waals surface area contributed by atoms with E-state index in [2.05, 4.69) is 0 Å². The predicted molar refractivity (Wildman–Crippen MR) is 71.0 cm³/mol. The number of ether oxygens (including phenoxy) is 2. The topological polar surface area (TPSA) is 81.9 Å². The molecule has 0 aromatic heterocycles. The second-order valence-electron chi connectivity index (χ2n) is 4.24. The molecule has 0 spiro atoms. The first-order chi connectivity index (χ1) is 8.86. The zero-order chi connectivity index (χ0) is 14.6. The van der Waals surface area contributed by atoms with Crippen LogP contribution in [0.4, 0.5) is 5.69 Å². The van der Waals surface area contributed by atoms with Crippen molar-refractivity contribution in [1.29, 1.82) is 0 Å². The normalized spacial score (nSPS) is 11.6. The van der Waals surface area contributed by atoms with Gasteiger partial charge in [0, 0.05) is 25.8 Å². The molecule has 6 nitrogen and oxygen atoms in total. The number of anilines is 1. The second kappa shape index (κ2) is 6.08. The molecule has 104 valence electrons. The van der Waals surface area contributed by atoms with E-state index in [4.69, 9.17) is 15.2 Å². The number of esters is 1. The number of nitrogens with two attached hydrogens (primary N) is 1. The highest BCUT2D eigenvalue weighted by Crippen LogP contribution is 2.22. The van der Waals surface area contributed by atoms with Gasteiger partial charge >= 0.3 is 5.97 Å². The molecule has 0 saturated carbocycles. The highest BCUT2D eigenvalue weighted by atomic mass is 16.5. The molecule has 6 heteroatoms. The maximum Gasteiger partial charge on any atom is 0.342 e. The van der Waals surface area contributed by atoms with E-state index in [1.54, 1.807) is 20.2 Å². The van der Waals surface area contributed by atoms with Crippen LogP contribution in [0.2, 0.25) is 0 Å². The van der Waals surface area contributed by atoms with E-state index in [9.17, 15) is 9.59 Å². The number of amides is 1. The van der Waals surface area contributed by atoms with Crippen LogP contribution in [0, 0.1) is 0 Å². The van der Waals surface area contributed by atoms with E-state index in [-0.39, 0.29) is 11.5 Å². The van der Waals surface area contributed by atoms with E-state index in [0.717, 1.165) is 0 Å².